The van der Waals surface area contributed by atoms with Crippen molar-refractivity contribution >= 4 is 11.2 Å². The van der Waals surface area contributed by atoms with Gasteiger partial charge in [0.05, 0.1) is 12.4 Å². The summed E-state index contributed by atoms with van der Waals surface area (Å²) in [5.74, 6) is 0.326. The Morgan fingerprint density at radius 1 is 1.24 bits per heavy atom. The van der Waals surface area contributed by atoms with E-state index in [2.05, 4.69) is 9.88 Å². The van der Waals surface area contributed by atoms with E-state index in [1.807, 2.05) is 11.6 Å². The van der Waals surface area contributed by atoms with Crippen LogP contribution in [-0.2, 0) is 20.6 Å². The molecule has 25 heavy (non-hydrogen) atoms. The van der Waals surface area contributed by atoms with Crippen molar-refractivity contribution in [3.63, 3.8) is 0 Å². The molecule has 138 valence electrons. The van der Waals surface area contributed by atoms with Gasteiger partial charge in [0.2, 0.25) is 0 Å². The molecule has 1 N–H and O–H groups in total. The minimum atomic E-state index is -0.369. The van der Waals surface area contributed by atoms with Gasteiger partial charge >= 0.3 is 5.69 Å². The van der Waals surface area contributed by atoms with Gasteiger partial charge in [-0.1, -0.05) is 12.8 Å². The maximum absolute atomic E-state index is 12.4. The molecule has 1 aliphatic rings. The molecular weight excluding hydrogens is 322 g/mol. The van der Waals surface area contributed by atoms with E-state index in [0.717, 1.165) is 36.9 Å². The Balaban J connectivity index is 1.73. The fourth-order valence-electron chi connectivity index (χ4n) is 3.74. The lowest BCUT2D eigenvalue weighted by Gasteiger charge is -2.31. The molecule has 2 heterocycles. The Hall–Kier alpha value is -1.93. The lowest BCUT2D eigenvalue weighted by molar-refractivity contribution is 0.0509. The largest absolute Gasteiger partial charge is 0.393 e. The van der Waals surface area contributed by atoms with Gasteiger partial charge in [0, 0.05) is 33.7 Å². The average molecular weight is 349 g/mol. The molecule has 0 aromatic carbocycles. The third-order valence-corrected chi connectivity index (χ3v) is 5.35. The van der Waals surface area contributed by atoms with Crippen LogP contribution in [-0.4, -0.2) is 54.9 Å². The molecule has 0 bridgehead atoms. The zero-order valence-electron chi connectivity index (χ0n) is 15.2. The summed E-state index contributed by atoms with van der Waals surface area (Å²) in [7, 11) is 5.14. The summed E-state index contributed by atoms with van der Waals surface area (Å²) in [6.45, 7) is 2.22. The molecule has 1 aliphatic carbocycles. The third kappa shape index (κ3) is 3.41. The number of hydrogen-bond donors (Lipinski definition) is 1. The number of nitrogens with zero attached hydrogens (tertiary/aromatic N) is 5. The standard InChI is InChI=1S/C17H27N5O3/c1-19(10-12-6-4-5-7-13(12)23)8-9-22-11-18-15-14(22)16(24)21(3)17(25)20(15)2/h11-13,23H,4-10H2,1-3H3. The number of aromatic nitrogens is 4. The van der Waals surface area contributed by atoms with Crippen molar-refractivity contribution < 1.29 is 5.11 Å². The minimum Gasteiger partial charge on any atom is -0.393 e. The Morgan fingerprint density at radius 2 is 1.96 bits per heavy atom. The highest BCUT2D eigenvalue weighted by molar-refractivity contribution is 5.69. The topological polar surface area (TPSA) is 85.3 Å². The Labute approximate surface area is 146 Å². The van der Waals surface area contributed by atoms with E-state index in [1.165, 1.54) is 18.0 Å². The summed E-state index contributed by atoms with van der Waals surface area (Å²) in [5, 5.41) is 10.1. The van der Waals surface area contributed by atoms with Crippen molar-refractivity contribution in [2.45, 2.75) is 38.3 Å². The molecule has 3 rings (SSSR count). The van der Waals surface area contributed by atoms with Crippen LogP contribution in [0.1, 0.15) is 25.7 Å². The third-order valence-electron chi connectivity index (χ3n) is 5.35. The molecule has 0 spiro atoms. The van der Waals surface area contributed by atoms with E-state index >= 15 is 0 Å². The normalized spacial score (nSPS) is 21.3. The molecule has 0 radical (unpaired) electrons. The van der Waals surface area contributed by atoms with Gasteiger partial charge in [-0.2, -0.15) is 0 Å². The number of rotatable bonds is 5. The van der Waals surface area contributed by atoms with Crippen LogP contribution in [0.15, 0.2) is 15.9 Å². The highest BCUT2D eigenvalue weighted by atomic mass is 16.3. The lowest BCUT2D eigenvalue weighted by Crippen LogP contribution is -2.38. The first-order valence-electron chi connectivity index (χ1n) is 8.87. The van der Waals surface area contributed by atoms with E-state index in [-0.39, 0.29) is 17.4 Å². The van der Waals surface area contributed by atoms with E-state index < -0.39 is 0 Å². The second-order valence-corrected chi connectivity index (χ2v) is 7.19. The zero-order valence-corrected chi connectivity index (χ0v) is 15.2. The van der Waals surface area contributed by atoms with Crippen LogP contribution in [0.5, 0.6) is 0 Å². The Bertz CT molecular complexity index is 866. The maximum atomic E-state index is 12.4. The van der Waals surface area contributed by atoms with Gasteiger partial charge in [0.15, 0.2) is 11.2 Å². The van der Waals surface area contributed by atoms with Crippen molar-refractivity contribution in [2.75, 3.05) is 20.1 Å². The van der Waals surface area contributed by atoms with E-state index in [9.17, 15) is 14.7 Å². The fraction of sp³-hybridized carbons (Fsp3) is 0.706. The van der Waals surface area contributed by atoms with Crippen LogP contribution < -0.4 is 11.2 Å². The summed E-state index contributed by atoms with van der Waals surface area (Å²) in [4.78, 5) is 30.8. The molecule has 1 saturated carbocycles. The van der Waals surface area contributed by atoms with E-state index in [4.69, 9.17) is 0 Å². The van der Waals surface area contributed by atoms with Gasteiger partial charge < -0.3 is 14.6 Å². The number of fused-ring (bicyclic) bond motifs is 1. The predicted molar refractivity (Wildman–Crippen MR) is 95.7 cm³/mol. The highest BCUT2D eigenvalue weighted by Gasteiger charge is 2.24. The molecule has 8 nitrogen and oxygen atoms in total. The first-order valence-corrected chi connectivity index (χ1v) is 8.87. The van der Waals surface area contributed by atoms with Gasteiger partial charge in [-0.15, -0.1) is 0 Å². The molecule has 0 saturated heterocycles. The SMILES string of the molecule is CN(CCn1cnc2c1c(=O)n(C)c(=O)n2C)CC1CCCCC1O. The van der Waals surface area contributed by atoms with Crippen LogP contribution >= 0.6 is 0 Å². The van der Waals surface area contributed by atoms with Crippen molar-refractivity contribution in [1.82, 2.24) is 23.6 Å². The summed E-state index contributed by atoms with van der Waals surface area (Å²) < 4.78 is 4.32. The molecular formula is C17H27N5O3. The molecule has 1 fully saturated rings. The number of imidazole rings is 1. The second kappa shape index (κ2) is 7.13. The van der Waals surface area contributed by atoms with Gasteiger partial charge in [0.25, 0.3) is 5.56 Å². The summed E-state index contributed by atoms with van der Waals surface area (Å²) in [5.41, 5.74) is 0.182. The van der Waals surface area contributed by atoms with Gasteiger partial charge in [-0.05, 0) is 25.8 Å². The number of aliphatic hydroxyl groups is 1. The molecule has 8 heteroatoms. The smallest absolute Gasteiger partial charge is 0.332 e. The van der Waals surface area contributed by atoms with E-state index in [0.29, 0.717) is 23.6 Å². The van der Waals surface area contributed by atoms with Crippen LogP contribution in [0.25, 0.3) is 11.2 Å². The fourth-order valence-corrected chi connectivity index (χ4v) is 3.74. The monoisotopic (exact) mass is 349 g/mol. The molecule has 0 amide bonds. The van der Waals surface area contributed by atoms with Crippen molar-refractivity contribution in [1.29, 1.82) is 0 Å². The first kappa shape index (κ1) is 17.9. The molecule has 0 aliphatic heterocycles. The molecule has 2 unspecified atom stereocenters. The Kier molecular flexibility index (Phi) is 5.10. The molecule has 2 atom stereocenters. The van der Waals surface area contributed by atoms with Crippen LogP contribution in [0.4, 0.5) is 0 Å². The second-order valence-electron chi connectivity index (χ2n) is 7.19. The van der Waals surface area contributed by atoms with Crippen molar-refractivity contribution in [2.24, 2.45) is 20.0 Å². The lowest BCUT2D eigenvalue weighted by atomic mass is 9.86. The summed E-state index contributed by atoms with van der Waals surface area (Å²) in [6, 6.07) is 0. The molecule has 2 aromatic heterocycles. The van der Waals surface area contributed by atoms with Gasteiger partial charge in [-0.3, -0.25) is 13.9 Å². The highest BCUT2D eigenvalue weighted by Crippen LogP contribution is 2.24. The predicted octanol–water partition coefficient (Wildman–Crippen LogP) is -0.0834. The number of aliphatic hydroxyl groups excluding tert-OH is 1. The minimum absolute atomic E-state index is 0.202. The summed E-state index contributed by atoms with van der Waals surface area (Å²) in [6.07, 6.45) is 5.69. The van der Waals surface area contributed by atoms with Gasteiger partial charge in [0.1, 0.15) is 0 Å². The quantitative estimate of drug-likeness (QED) is 0.816. The van der Waals surface area contributed by atoms with E-state index in [1.54, 1.807) is 13.4 Å². The number of hydrogen-bond acceptors (Lipinski definition) is 5. The maximum Gasteiger partial charge on any atom is 0.332 e. The number of aryl methyl sites for hydroxylation is 1. The first-order chi connectivity index (χ1) is 11.9. The molecule has 2 aromatic rings. The van der Waals surface area contributed by atoms with Crippen molar-refractivity contribution in [3.05, 3.63) is 27.2 Å². The van der Waals surface area contributed by atoms with Crippen LogP contribution in [0.3, 0.4) is 0 Å². The Morgan fingerprint density at radius 3 is 2.68 bits per heavy atom. The summed E-state index contributed by atoms with van der Waals surface area (Å²) >= 11 is 0. The van der Waals surface area contributed by atoms with Crippen LogP contribution in [0.2, 0.25) is 0 Å². The zero-order chi connectivity index (χ0) is 18.1. The van der Waals surface area contributed by atoms with Crippen molar-refractivity contribution in [3.8, 4) is 0 Å². The average Bonchev–Trinajstić information content (AvgIpc) is 3.02. The van der Waals surface area contributed by atoms with Crippen LogP contribution in [0, 0.1) is 5.92 Å². The van der Waals surface area contributed by atoms with Gasteiger partial charge in [-0.25, -0.2) is 9.78 Å². The number of likely N-dealkylation sites (N-methyl/N-ethyl adjacent to an activating group) is 1.